The molecule has 0 amide bonds. The first-order valence-electron chi connectivity index (χ1n) is 6.02. The van der Waals surface area contributed by atoms with Crippen LogP contribution >= 0.6 is 23.2 Å². The Kier molecular flexibility index (Phi) is 4.11. The number of rotatable bonds is 3. The molecule has 2 rings (SSSR count). The van der Waals surface area contributed by atoms with Gasteiger partial charge in [-0.1, -0.05) is 23.8 Å². The summed E-state index contributed by atoms with van der Waals surface area (Å²) in [5.74, 6) is -0.712. The Morgan fingerprint density at radius 3 is 2.70 bits per heavy atom. The maximum Gasteiger partial charge on any atom is 0.173 e. The average molecular weight is 313 g/mol. The minimum absolute atomic E-state index is 0.0962. The number of phenolic OH excluding ortho intramolecular Hbond substituents is 1. The first kappa shape index (κ1) is 14.9. The van der Waals surface area contributed by atoms with E-state index in [-0.39, 0.29) is 11.5 Å². The molecular weight excluding hydrogens is 299 g/mol. The lowest BCUT2D eigenvalue weighted by Gasteiger charge is -2.30. The zero-order chi connectivity index (χ0) is 14.9. The molecule has 0 saturated heterocycles. The van der Waals surface area contributed by atoms with Crippen molar-refractivity contribution < 1.29 is 14.6 Å². The molecule has 20 heavy (non-hydrogen) atoms. The van der Waals surface area contributed by atoms with E-state index in [0.717, 1.165) is 0 Å². The fourth-order valence-electron chi connectivity index (χ4n) is 2.18. The summed E-state index contributed by atoms with van der Waals surface area (Å²) in [6, 6.07) is 4.47. The van der Waals surface area contributed by atoms with Gasteiger partial charge in [0.2, 0.25) is 0 Å². The number of hydrogen-bond donors (Lipinski definition) is 1. The minimum atomic E-state index is -0.890. The van der Waals surface area contributed by atoms with Crippen LogP contribution in [0.1, 0.15) is 17.3 Å². The molecule has 1 aliphatic carbocycles. The number of ketones is 1. The Bertz CT molecular complexity index is 603. The number of aromatic hydroxyl groups is 1. The van der Waals surface area contributed by atoms with Crippen LogP contribution in [0.4, 0.5) is 0 Å². The van der Waals surface area contributed by atoms with Gasteiger partial charge in [0, 0.05) is 10.6 Å². The van der Waals surface area contributed by atoms with Crippen molar-refractivity contribution in [1.29, 1.82) is 0 Å². The SMILES string of the molecule is COc1ccc(C(=O)C2C(Cl)=CC=CC2(C)Cl)cc1O. The number of ether oxygens (including phenoxy) is 1. The Morgan fingerprint density at radius 2 is 2.15 bits per heavy atom. The maximum atomic E-state index is 12.6. The van der Waals surface area contributed by atoms with Crippen LogP contribution in [-0.4, -0.2) is 22.9 Å². The monoisotopic (exact) mass is 312 g/mol. The van der Waals surface area contributed by atoms with Gasteiger partial charge in [-0.3, -0.25) is 4.79 Å². The van der Waals surface area contributed by atoms with Gasteiger partial charge in [-0.25, -0.2) is 0 Å². The molecule has 0 aromatic heterocycles. The van der Waals surface area contributed by atoms with Crippen LogP contribution in [0.25, 0.3) is 0 Å². The highest BCUT2D eigenvalue weighted by molar-refractivity contribution is 6.36. The maximum absolute atomic E-state index is 12.6. The van der Waals surface area contributed by atoms with Crippen molar-refractivity contribution in [1.82, 2.24) is 0 Å². The molecule has 0 fully saturated rings. The smallest absolute Gasteiger partial charge is 0.173 e. The Balaban J connectivity index is 2.38. The van der Waals surface area contributed by atoms with Gasteiger partial charge in [-0.15, -0.1) is 11.6 Å². The number of Topliss-reactive ketones (excluding diaryl/α,β-unsaturated/α-hetero) is 1. The average Bonchev–Trinajstić information content (AvgIpc) is 2.37. The van der Waals surface area contributed by atoms with Crippen molar-refractivity contribution in [2.75, 3.05) is 7.11 Å². The van der Waals surface area contributed by atoms with E-state index < -0.39 is 10.8 Å². The Morgan fingerprint density at radius 1 is 1.45 bits per heavy atom. The first-order chi connectivity index (χ1) is 9.36. The number of alkyl halides is 1. The third-order valence-electron chi connectivity index (χ3n) is 3.24. The molecule has 0 bridgehead atoms. The van der Waals surface area contributed by atoms with E-state index in [1.807, 2.05) is 0 Å². The van der Waals surface area contributed by atoms with Crippen LogP contribution in [-0.2, 0) is 0 Å². The molecule has 0 radical (unpaired) electrons. The molecule has 2 atom stereocenters. The molecule has 0 aliphatic heterocycles. The van der Waals surface area contributed by atoms with Crippen molar-refractivity contribution in [3.05, 3.63) is 47.0 Å². The minimum Gasteiger partial charge on any atom is -0.504 e. The van der Waals surface area contributed by atoms with E-state index in [1.54, 1.807) is 31.2 Å². The molecule has 2 unspecified atom stereocenters. The molecule has 0 spiro atoms. The topological polar surface area (TPSA) is 46.5 Å². The lowest BCUT2D eigenvalue weighted by atomic mass is 9.83. The second kappa shape index (κ2) is 5.51. The lowest BCUT2D eigenvalue weighted by molar-refractivity contribution is 0.0929. The number of hydrogen-bond acceptors (Lipinski definition) is 3. The van der Waals surface area contributed by atoms with Crippen LogP contribution in [0.15, 0.2) is 41.5 Å². The number of allylic oxidation sites excluding steroid dienone is 4. The summed E-state index contributed by atoms with van der Waals surface area (Å²) in [6.07, 6.45) is 5.11. The molecule has 5 heteroatoms. The van der Waals surface area contributed by atoms with Gasteiger partial charge in [-0.05, 0) is 31.2 Å². The highest BCUT2D eigenvalue weighted by atomic mass is 35.5. The summed E-state index contributed by atoms with van der Waals surface area (Å²) >= 11 is 12.5. The predicted octanol–water partition coefficient (Wildman–Crippen LogP) is 3.89. The van der Waals surface area contributed by atoms with Gasteiger partial charge in [0.25, 0.3) is 0 Å². The first-order valence-corrected chi connectivity index (χ1v) is 6.77. The molecule has 1 N–H and O–H groups in total. The molecule has 0 saturated carbocycles. The van der Waals surface area contributed by atoms with E-state index in [1.165, 1.54) is 19.2 Å². The van der Waals surface area contributed by atoms with Gasteiger partial charge >= 0.3 is 0 Å². The fourth-order valence-corrected chi connectivity index (χ4v) is 2.93. The van der Waals surface area contributed by atoms with Crippen LogP contribution < -0.4 is 4.74 Å². The quantitative estimate of drug-likeness (QED) is 0.680. The summed E-state index contributed by atoms with van der Waals surface area (Å²) in [7, 11) is 1.44. The number of phenols is 1. The van der Waals surface area contributed by atoms with Crippen molar-refractivity contribution in [3.63, 3.8) is 0 Å². The van der Waals surface area contributed by atoms with Crippen LogP contribution in [0.5, 0.6) is 11.5 Å². The van der Waals surface area contributed by atoms with E-state index >= 15 is 0 Å². The molecule has 1 aliphatic rings. The second-order valence-electron chi connectivity index (χ2n) is 4.75. The van der Waals surface area contributed by atoms with Crippen molar-refractivity contribution >= 4 is 29.0 Å². The number of methoxy groups -OCH3 is 1. The normalized spacial score (nSPS) is 25.2. The molecule has 3 nitrogen and oxygen atoms in total. The molecule has 0 heterocycles. The second-order valence-corrected chi connectivity index (χ2v) is 6.00. The van der Waals surface area contributed by atoms with Gasteiger partial charge in [0.15, 0.2) is 17.3 Å². The number of benzene rings is 1. The van der Waals surface area contributed by atoms with E-state index in [9.17, 15) is 9.90 Å². The summed E-state index contributed by atoms with van der Waals surface area (Å²) in [5.41, 5.74) is 0.335. The summed E-state index contributed by atoms with van der Waals surface area (Å²) in [6.45, 7) is 1.73. The molecule has 1 aromatic rings. The zero-order valence-electron chi connectivity index (χ0n) is 11.1. The third-order valence-corrected chi connectivity index (χ3v) is 3.93. The van der Waals surface area contributed by atoms with Crippen molar-refractivity contribution in [2.45, 2.75) is 11.8 Å². The van der Waals surface area contributed by atoms with Gasteiger partial charge in [0.1, 0.15) is 0 Å². The number of carbonyl (C=O) groups excluding carboxylic acids is 1. The largest absolute Gasteiger partial charge is 0.504 e. The van der Waals surface area contributed by atoms with E-state index in [0.29, 0.717) is 16.3 Å². The van der Waals surface area contributed by atoms with Gasteiger partial charge in [-0.2, -0.15) is 0 Å². The van der Waals surface area contributed by atoms with Crippen LogP contribution in [0.2, 0.25) is 0 Å². The fraction of sp³-hybridized carbons (Fsp3) is 0.267. The van der Waals surface area contributed by atoms with E-state index in [4.69, 9.17) is 27.9 Å². The molecular formula is C15H14Cl2O3. The van der Waals surface area contributed by atoms with Gasteiger partial charge in [0.05, 0.1) is 17.9 Å². The third kappa shape index (κ3) is 2.69. The van der Waals surface area contributed by atoms with Gasteiger partial charge < -0.3 is 9.84 Å². The summed E-state index contributed by atoms with van der Waals surface area (Å²) < 4.78 is 4.95. The predicted molar refractivity (Wildman–Crippen MR) is 79.8 cm³/mol. The van der Waals surface area contributed by atoms with E-state index in [2.05, 4.69) is 0 Å². The van der Waals surface area contributed by atoms with Crippen LogP contribution in [0, 0.1) is 5.92 Å². The lowest BCUT2D eigenvalue weighted by Crippen LogP contribution is -2.35. The number of carbonyl (C=O) groups is 1. The summed E-state index contributed by atoms with van der Waals surface area (Å²) in [5, 5.41) is 10.1. The highest BCUT2D eigenvalue weighted by Gasteiger charge is 2.39. The Hall–Kier alpha value is -1.45. The van der Waals surface area contributed by atoms with Crippen molar-refractivity contribution in [3.8, 4) is 11.5 Å². The standard InChI is InChI=1S/C15H14Cl2O3/c1-15(17)7-3-4-10(16)13(15)14(19)9-5-6-12(20-2)11(18)8-9/h3-8,13,18H,1-2H3. The summed E-state index contributed by atoms with van der Waals surface area (Å²) in [4.78, 5) is 11.7. The molecule has 106 valence electrons. The zero-order valence-corrected chi connectivity index (χ0v) is 12.6. The highest BCUT2D eigenvalue weighted by Crippen LogP contribution is 2.40. The van der Waals surface area contributed by atoms with Crippen molar-refractivity contribution in [2.24, 2.45) is 5.92 Å². The molecule has 1 aromatic carbocycles. The van der Waals surface area contributed by atoms with Crippen LogP contribution in [0.3, 0.4) is 0 Å². The Labute approximate surface area is 127 Å². The number of halogens is 2.